The monoisotopic (exact) mass is 870 g/mol. The molecule has 0 aliphatic rings. The number of carbonyl (C=O) groups excluding carboxylic acids is 1. The molecule has 0 radical (unpaired) electrons. The van der Waals surface area contributed by atoms with E-state index in [-0.39, 0.29) is 19.1 Å². The van der Waals surface area contributed by atoms with E-state index in [2.05, 4.69) is 31.3 Å². The van der Waals surface area contributed by atoms with Crippen molar-refractivity contribution in [1.29, 1.82) is 0 Å². The number of allylic oxidation sites excluding steroid dienone is 3. The second-order valence-corrected chi connectivity index (χ2v) is 20.4. The lowest BCUT2D eigenvalue weighted by Crippen LogP contribution is -2.45. The molecule has 0 bridgehead atoms. The molecule has 3 atom stereocenters. The molecule has 0 aromatic heterocycles. The van der Waals surface area contributed by atoms with Gasteiger partial charge in [-0.05, 0) is 32.1 Å². The SMILES string of the molecule is CCCCCCCCCCCCCCCCC/C=C/CC/C=C/C(O)C(COP(=O)(O)OCC[N+](C)(C)C)NC(=O)CCCCCCCCCCCCCCCCCCC. The summed E-state index contributed by atoms with van der Waals surface area (Å²) in [5.74, 6) is -0.183. The smallest absolute Gasteiger partial charge is 0.387 e. The Morgan fingerprint density at radius 2 is 0.917 bits per heavy atom. The molecule has 9 heteroatoms. The summed E-state index contributed by atoms with van der Waals surface area (Å²) in [6.45, 7) is 4.82. The average Bonchev–Trinajstić information content (AvgIpc) is 3.20. The first-order chi connectivity index (χ1) is 29.0. The fourth-order valence-corrected chi connectivity index (χ4v) is 8.32. The van der Waals surface area contributed by atoms with Crippen molar-refractivity contribution in [2.45, 2.75) is 257 Å². The zero-order chi connectivity index (χ0) is 44.3. The molecular weight excluding hydrogens is 768 g/mol. The number of carbonyl (C=O) groups is 1. The van der Waals surface area contributed by atoms with Gasteiger partial charge in [-0.25, -0.2) is 4.57 Å². The average molecular weight is 870 g/mol. The van der Waals surface area contributed by atoms with E-state index in [0.717, 1.165) is 38.5 Å². The van der Waals surface area contributed by atoms with Gasteiger partial charge in [-0.1, -0.05) is 231 Å². The van der Waals surface area contributed by atoms with Gasteiger partial charge in [0.2, 0.25) is 5.91 Å². The number of phosphoric ester groups is 1. The first-order valence-electron chi connectivity index (χ1n) is 25.7. The number of hydrogen-bond acceptors (Lipinski definition) is 5. The lowest BCUT2D eigenvalue weighted by atomic mass is 10.0. The normalized spacial score (nSPS) is 14.3. The summed E-state index contributed by atoms with van der Waals surface area (Å²) < 4.78 is 23.6. The minimum Gasteiger partial charge on any atom is -0.387 e. The maximum absolute atomic E-state index is 12.9. The third-order valence-electron chi connectivity index (χ3n) is 11.7. The maximum atomic E-state index is 12.9. The van der Waals surface area contributed by atoms with E-state index >= 15 is 0 Å². The summed E-state index contributed by atoms with van der Waals surface area (Å²) in [6, 6.07) is -0.859. The van der Waals surface area contributed by atoms with E-state index in [4.69, 9.17) is 9.05 Å². The van der Waals surface area contributed by atoms with Crippen LogP contribution in [0.2, 0.25) is 0 Å². The highest BCUT2D eigenvalue weighted by Gasteiger charge is 2.27. The molecule has 0 rings (SSSR count). The third kappa shape index (κ3) is 45.0. The first kappa shape index (κ1) is 59.0. The number of phosphoric acid groups is 1. The predicted molar refractivity (Wildman–Crippen MR) is 258 cm³/mol. The molecule has 1 amide bonds. The van der Waals surface area contributed by atoms with Gasteiger partial charge in [-0.15, -0.1) is 0 Å². The number of nitrogens with one attached hydrogen (secondary N) is 1. The molecule has 0 aliphatic heterocycles. The Labute approximate surface area is 373 Å². The molecule has 60 heavy (non-hydrogen) atoms. The van der Waals surface area contributed by atoms with Gasteiger partial charge < -0.3 is 19.8 Å². The number of likely N-dealkylation sites (N-methyl/N-ethyl adjacent to an activating group) is 1. The Bertz CT molecular complexity index is 1030. The number of hydrogen-bond donors (Lipinski definition) is 3. The van der Waals surface area contributed by atoms with E-state index in [0.29, 0.717) is 17.4 Å². The predicted octanol–water partition coefficient (Wildman–Crippen LogP) is 14.9. The lowest BCUT2D eigenvalue weighted by Gasteiger charge is -2.25. The summed E-state index contributed by atoms with van der Waals surface area (Å²) in [5, 5.41) is 13.9. The van der Waals surface area contributed by atoms with E-state index in [1.54, 1.807) is 6.08 Å². The minimum atomic E-state index is -4.35. The number of rotatable bonds is 47. The highest BCUT2D eigenvalue weighted by molar-refractivity contribution is 7.47. The Balaban J connectivity index is 4.34. The van der Waals surface area contributed by atoms with Gasteiger partial charge in [0.1, 0.15) is 13.2 Å². The van der Waals surface area contributed by atoms with E-state index in [1.165, 1.54) is 186 Å². The minimum absolute atomic E-state index is 0.0586. The van der Waals surface area contributed by atoms with Crippen LogP contribution in [0.3, 0.4) is 0 Å². The number of amides is 1. The molecule has 8 nitrogen and oxygen atoms in total. The Morgan fingerprint density at radius 3 is 1.33 bits per heavy atom. The largest absolute Gasteiger partial charge is 0.472 e. The van der Waals surface area contributed by atoms with Crippen molar-refractivity contribution in [3.05, 3.63) is 24.3 Å². The number of unbranched alkanes of at least 4 members (excludes halogenated alkanes) is 32. The van der Waals surface area contributed by atoms with Crippen molar-refractivity contribution in [2.24, 2.45) is 0 Å². The molecule has 0 fully saturated rings. The van der Waals surface area contributed by atoms with Crippen molar-refractivity contribution in [1.82, 2.24) is 5.32 Å². The molecule has 0 heterocycles. The van der Waals surface area contributed by atoms with Crippen LogP contribution in [0.25, 0.3) is 0 Å². The number of quaternary nitrogens is 1. The van der Waals surface area contributed by atoms with Gasteiger partial charge in [0, 0.05) is 6.42 Å². The van der Waals surface area contributed by atoms with Gasteiger partial charge in [0.15, 0.2) is 0 Å². The van der Waals surface area contributed by atoms with E-state index < -0.39 is 20.0 Å². The quantitative estimate of drug-likeness (QED) is 0.0243. The maximum Gasteiger partial charge on any atom is 0.472 e. The van der Waals surface area contributed by atoms with Crippen molar-refractivity contribution >= 4 is 13.7 Å². The van der Waals surface area contributed by atoms with Crippen LogP contribution in [-0.2, 0) is 18.4 Å². The Hall–Kier alpha value is -1.02. The molecule has 0 spiro atoms. The Morgan fingerprint density at radius 1 is 0.550 bits per heavy atom. The second kappa shape index (κ2) is 43.2. The summed E-state index contributed by atoms with van der Waals surface area (Å²) in [7, 11) is 1.56. The molecule has 0 aromatic rings. The molecule has 3 unspecified atom stereocenters. The number of aliphatic hydroxyl groups is 1. The number of nitrogens with zero attached hydrogens (tertiary/aromatic N) is 1. The molecule has 356 valence electrons. The van der Waals surface area contributed by atoms with Crippen LogP contribution in [0.15, 0.2) is 24.3 Å². The van der Waals surface area contributed by atoms with Crippen molar-refractivity contribution < 1.29 is 32.9 Å². The molecule has 0 aromatic carbocycles. The molecular formula is C51H102N2O6P+. The summed E-state index contributed by atoms with van der Waals surface area (Å²) in [5.41, 5.74) is 0. The molecule has 0 saturated carbocycles. The zero-order valence-electron chi connectivity index (χ0n) is 40.5. The first-order valence-corrected chi connectivity index (χ1v) is 27.2. The van der Waals surface area contributed by atoms with Crippen molar-refractivity contribution in [3.8, 4) is 0 Å². The molecule has 0 aliphatic carbocycles. The van der Waals surface area contributed by atoms with Gasteiger partial charge in [-0.2, -0.15) is 0 Å². The van der Waals surface area contributed by atoms with Crippen LogP contribution in [-0.4, -0.2) is 73.4 Å². The van der Waals surface area contributed by atoms with E-state index in [1.807, 2.05) is 27.2 Å². The van der Waals surface area contributed by atoms with Gasteiger partial charge in [0.05, 0.1) is 39.9 Å². The molecule has 0 saturated heterocycles. The van der Waals surface area contributed by atoms with Gasteiger partial charge in [0.25, 0.3) is 0 Å². The molecule has 3 N–H and O–H groups in total. The van der Waals surface area contributed by atoms with Gasteiger partial charge >= 0.3 is 7.82 Å². The summed E-state index contributed by atoms with van der Waals surface area (Å²) in [6.07, 6.45) is 52.6. The van der Waals surface area contributed by atoms with Crippen LogP contribution in [0, 0.1) is 0 Å². The fraction of sp³-hybridized carbons (Fsp3) is 0.902. The van der Waals surface area contributed by atoms with Crippen molar-refractivity contribution in [2.75, 3.05) is 40.9 Å². The van der Waals surface area contributed by atoms with Crippen LogP contribution in [0.1, 0.15) is 245 Å². The second-order valence-electron chi connectivity index (χ2n) is 18.9. The van der Waals surface area contributed by atoms with Crippen LogP contribution >= 0.6 is 7.82 Å². The number of aliphatic hydroxyl groups excluding tert-OH is 1. The lowest BCUT2D eigenvalue weighted by molar-refractivity contribution is -0.870. The van der Waals surface area contributed by atoms with Crippen LogP contribution < -0.4 is 5.32 Å². The standard InChI is InChI=1S/C51H101N2O6P/c1-6-8-10-12-14-16-18-20-22-24-25-26-27-29-30-32-34-36-38-40-42-44-50(54)49(48-59-60(56,57)58-47-46-53(3,4)5)52-51(55)45-43-41-39-37-35-33-31-28-23-21-19-17-15-13-11-9-7-2/h34,36,42,44,49-50,54H,6-33,35,37-41,43,45-48H2,1-5H3,(H-,52,55,56,57)/p+1/b36-34+,44-42+. The van der Waals surface area contributed by atoms with Crippen LogP contribution in [0.4, 0.5) is 0 Å². The highest BCUT2D eigenvalue weighted by atomic mass is 31.2. The highest BCUT2D eigenvalue weighted by Crippen LogP contribution is 2.43. The van der Waals surface area contributed by atoms with Crippen molar-refractivity contribution in [3.63, 3.8) is 0 Å². The Kier molecular flexibility index (Phi) is 42.5. The van der Waals surface area contributed by atoms with Crippen LogP contribution in [0.5, 0.6) is 0 Å². The van der Waals surface area contributed by atoms with E-state index in [9.17, 15) is 19.4 Å². The summed E-state index contributed by atoms with van der Waals surface area (Å²) >= 11 is 0. The summed E-state index contributed by atoms with van der Waals surface area (Å²) in [4.78, 5) is 23.2. The topological polar surface area (TPSA) is 105 Å². The zero-order valence-corrected chi connectivity index (χ0v) is 41.4. The van der Waals surface area contributed by atoms with Gasteiger partial charge in [-0.3, -0.25) is 13.8 Å². The fourth-order valence-electron chi connectivity index (χ4n) is 7.59. The third-order valence-corrected chi connectivity index (χ3v) is 12.7.